The summed E-state index contributed by atoms with van der Waals surface area (Å²) in [6, 6.07) is 10.0. The first kappa shape index (κ1) is 14.2. The normalized spacial score (nSPS) is 10.3. The number of hydrogen-bond acceptors (Lipinski definition) is 1. The Balaban J connectivity index is 2.30. The Morgan fingerprint density at radius 2 is 1.63 bits per heavy atom. The molecule has 1 N–H and O–H groups in total. The van der Waals surface area contributed by atoms with Crippen LogP contribution in [0.3, 0.4) is 0 Å². The number of benzene rings is 2. The second kappa shape index (κ2) is 5.83. The van der Waals surface area contributed by atoms with Gasteiger partial charge in [-0.05, 0) is 42.8 Å². The van der Waals surface area contributed by atoms with Gasteiger partial charge in [-0.25, -0.2) is 0 Å². The summed E-state index contributed by atoms with van der Waals surface area (Å²) in [7, 11) is 0. The Labute approximate surface area is 126 Å². The van der Waals surface area contributed by atoms with Crippen molar-refractivity contribution in [3.8, 4) is 0 Å². The Morgan fingerprint density at radius 3 is 2.37 bits per heavy atom. The molecule has 0 bridgehead atoms. The third-order valence-corrected chi connectivity index (χ3v) is 3.42. The Bertz CT molecular complexity index is 641. The van der Waals surface area contributed by atoms with Crippen molar-refractivity contribution in [3.05, 3.63) is 62.6 Å². The topological polar surface area (TPSA) is 29.1 Å². The summed E-state index contributed by atoms with van der Waals surface area (Å²) in [5.74, 6) is -0.321. The molecule has 0 fully saturated rings. The predicted octanol–water partition coefficient (Wildman–Crippen LogP) is 5.21. The first-order chi connectivity index (χ1) is 8.97. The standard InChI is InChI=1S/C14H10Cl3NO/c1-8-2-3-10(16)7-13(8)18-14(19)11-6-9(15)4-5-12(11)17/h2-7H,1H3,(H,18,19). The molecule has 0 saturated heterocycles. The van der Waals surface area contributed by atoms with Crippen LogP contribution >= 0.6 is 34.8 Å². The minimum Gasteiger partial charge on any atom is -0.322 e. The number of rotatable bonds is 2. The average Bonchev–Trinajstić information content (AvgIpc) is 2.36. The maximum absolute atomic E-state index is 12.2. The van der Waals surface area contributed by atoms with Crippen LogP contribution in [0.15, 0.2) is 36.4 Å². The second-order valence-corrected chi connectivity index (χ2v) is 5.32. The number of anilines is 1. The quantitative estimate of drug-likeness (QED) is 0.810. The van der Waals surface area contributed by atoms with Gasteiger partial charge in [0.2, 0.25) is 0 Å². The van der Waals surface area contributed by atoms with E-state index in [2.05, 4.69) is 5.32 Å². The number of carbonyl (C=O) groups is 1. The van der Waals surface area contributed by atoms with Gasteiger partial charge in [0.25, 0.3) is 5.91 Å². The third-order valence-electron chi connectivity index (χ3n) is 2.62. The van der Waals surface area contributed by atoms with E-state index >= 15 is 0 Å². The van der Waals surface area contributed by atoms with E-state index in [9.17, 15) is 4.79 Å². The fourth-order valence-corrected chi connectivity index (χ4v) is 2.14. The Morgan fingerprint density at radius 1 is 1.00 bits per heavy atom. The molecule has 0 radical (unpaired) electrons. The van der Waals surface area contributed by atoms with Gasteiger partial charge >= 0.3 is 0 Å². The zero-order valence-electron chi connectivity index (χ0n) is 10.0. The van der Waals surface area contributed by atoms with Gasteiger partial charge in [-0.1, -0.05) is 40.9 Å². The fourth-order valence-electron chi connectivity index (χ4n) is 1.59. The molecule has 0 aromatic heterocycles. The summed E-state index contributed by atoms with van der Waals surface area (Å²) in [4.78, 5) is 12.2. The molecule has 0 aliphatic rings. The third kappa shape index (κ3) is 3.41. The van der Waals surface area contributed by atoms with Crippen LogP contribution in [-0.4, -0.2) is 5.91 Å². The van der Waals surface area contributed by atoms with E-state index in [0.717, 1.165) is 5.56 Å². The molecular formula is C14H10Cl3NO. The second-order valence-electron chi connectivity index (χ2n) is 4.04. The van der Waals surface area contributed by atoms with Crippen molar-refractivity contribution in [3.63, 3.8) is 0 Å². The summed E-state index contributed by atoms with van der Waals surface area (Å²) in [5, 5.41) is 4.13. The molecular weight excluding hydrogens is 305 g/mol. The van der Waals surface area contributed by atoms with Gasteiger partial charge < -0.3 is 5.32 Å². The molecule has 0 aliphatic heterocycles. The lowest BCUT2D eigenvalue weighted by atomic mass is 10.1. The van der Waals surface area contributed by atoms with Crippen LogP contribution in [-0.2, 0) is 0 Å². The highest BCUT2D eigenvalue weighted by atomic mass is 35.5. The molecule has 2 aromatic rings. The molecule has 0 aliphatic carbocycles. The van der Waals surface area contributed by atoms with Gasteiger partial charge in [-0.3, -0.25) is 4.79 Å². The highest BCUT2D eigenvalue weighted by Gasteiger charge is 2.12. The van der Waals surface area contributed by atoms with Crippen molar-refractivity contribution in [2.75, 3.05) is 5.32 Å². The first-order valence-corrected chi connectivity index (χ1v) is 6.63. The van der Waals surface area contributed by atoms with Crippen LogP contribution in [0.25, 0.3) is 0 Å². The number of halogens is 3. The minimum absolute atomic E-state index is 0.321. The lowest BCUT2D eigenvalue weighted by Gasteiger charge is -2.10. The van der Waals surface area contributed by atoms with E-state index in [0.29, 0.717) is 26.3 Å². The van der Waals surface area contributed by atoms with E-state index in [1.807, 2.05) is 13.0 Å². The highest BCUT2D eigenvalue weighted by Crippen LogP contribution is 2.24. The first-order valence-electron chi connectivity index (χ1n) is 5.50. The predicted molar refractivity (Wildman–Crippen MR) is 80.6 cm³/mol. The molecule has 2 rings (SSSR count). The smallest absolute Gasteiger partial charge is 0.257 e. The maximum Gasteiger partial charge on any atom is 0.257 e. The van der Waals surface area contributed by atoms with Gasteiger partial charge in [-0.15, -0.1) is 0 Å². The van der Waals surface area contributed by atoms with E-state index in [4.69, 9.17) is 34.8 Å². The molecule has 2 aromatic carbocycles. The highest BCUT2D eigenvalue weighted by molar-refractivity contribution is 6.36. The molecule has 0 spiro atoms. The van der Waals surface area contributed by atoms with Crippen molar-refractivity contribution in [2.45, 2.75) is 6.92 Å². The molecule has 5 heteroatoms. The van der Waals surface area contributed by atoms with Crippen molar-refractivity contribution in [2.24, 2.45) is 0 Å². The van der Waals surface area contributed by atoms with Crippen molar-refractivity contribution >= 4 is 46.4 Å². The monoisotopic (exact) mass is 313 g/mol. The van der Waals surface area contributed by atoms with E-state index < -0.39 is 0 Å². The molecule has 98 valence electrons. The number of carbonyl (C=O) groups excluding carboxylic acids is 1. The number of hydrogen-bond donors (Lipinski definition) is 1. The fraction of sp³-hybridized carbons (Fsp3) is 0.0714. The van der Waals surface area contributed by atoms with Crippen LogP contribution in [0.1, 0.15) is 15.9 Å². The van der Waals surface area contributed by atoms with Crippen LogP contribution in [0, 0.1) is 6.92 Å². The van der Waals surface area contributed by atoms with E-state index in [1.165, 1.54) is 6.07 Å². The molecule has 0 heterocycles. The Kier molecular flexibility index (Phi) is 4.35. The SMILES string of the molecule is Cc1ccc(Cl)cc1NC(=O)c1cc(Cl)ccc1Cl. The van der Waals surface area contributed by atoms with Crippen LogP contribution in [0.2, 0.25) is 15.1 Å². The summed E-state index contributed by atoms with van der Waals surface area (Å²) < 4.78 is 0. The van der Waals surface area contributed by atoms with Crippen LogP contribution < -0.4 is 5.32 Å². The molecule has 0 atom stereocenters. The summed E-state index contributed by atoms with van der Waals surface area (Å²) >= 11 is 17.7. The zero-order chi connectivity index (χ0) is 14.0. The van der Waals surface area contributed by atoms with E-state index in [-0.39, 0.29) is 5.91 Å². The van der Waals surface area contributed by atoms with Crippen LogP contribution in [0.5, 0.6) is 0 Å². The summed E-state index contributed by atoms with van der Waals surface area (Å²) in [6.45, 7) is 1.88. The molecule has 19 heavy (non-hydrogen) atoms. The van der Waals surface area contributed by atoms with Gasteiger partial charge in [-0.2, -0.15) is 0 Å². The largest absolute Gasteiger partial charge is 0.322 e. The molecule has 2 nitrogen and oxygen atoms in total. The Hall–Kier alpha value is -1.22. The van der Waals surface area contributed by atoms with Crippen molar-refractivity contribution in [1.29, 1.82) is 0 Å². The lowest BCUT2D eigenvalue weighted by Crippen LogP contribution is -2.13. The van der Waals surface area contributed by atoms with Crippen molar-refractivity contribution < 1.29 is 4.79 Å². The molecule has 1 amide bonds. The van der Waals surface area contributed by atoms with Gasteiger partial charge in [0.15, 0.2) is 0 Å². The summed E-state index contributed by atoms with van der Waals surface area (Å²) in [5.41, 5.74) is 1.89. The van der Waals surface area contributed by atoms with Gasteiger partial charge in [0.05, 0.1) is 10.6 Å². The van der Waals surface area contributed by atoms with Crippen molar-refractivity contribution in [1.82, 2.24) is 0 Å². The number of nitrogens with one attached hydrogen (secondary N) is 1. The maximum atomic E-state index is 12.2. The molecule has 0 saturated carbocycles. The molecule has 0 unspecified atom stereocenters. The summed E-state index contributed by atoms with van der Waals surface area (Å²) in [6.07, 6.45) is 0. The average molecular weight is 315 g/mol. The van der Waals surface area contributed by atoms with Gasteiger partial charge in [0.1, 0.15) is 0 Å². The lowest BCUT2D eigenvalue weighted by molar-refractivity contribution is 0.102. The number of amides is 1. The van der Waals surface area contributed by atoms with E-state index in [1.54, 1.807) is 24.3 Å². The minimum atomic E-state index is -0.321. The number of aryl methyl sites for hydroxylation is 1. The van der Waals surface area contributed by atoms with Gasteiger partial charge in [0, 0.05) is 15.7 Å². The van der Waals surface area contributed by atoms with Crippen LogP contribution in [0.4, 0.5) is 5.69 Å². The zero-order valence-corrected chi connectivity index (χ0v) is 12.3.